The van der Waals surface area contributed by atoms with Gasteiger partial charge in [-0.05, 0) is 38.0 Å². The number of carbonyl (C=O) groups is 2. The number of aromatic nitrogens is 2. The van der Waals surface area contributed by atoms with Crippen LogP contribution in [0.5, 0.6) is 0 Å². The molecule has 9 heteroatoms. The quantitative estimate of drug-likeness (QED) is 0.418. The molecule has 0 unspecified atom stereocenters. The number of urea groups is 1. The van der Waals surface area contributed by atoms with Crippen molar-refractivity contribution in [1.82, 2.24) is 9.61 Å². The number of anilines is 3. The molecule has 168 valence electrons. The molecule has 0 spiro atoms. The molecule has 1 aliphatic carbocycles. The summed E-state index contributed by atoms with van der Waals surface area (Å²) in [5, 5.41) is 24.0. The number of hydrogen-bond donors (Lipinski definition) is 5. The normalized spacial score (nSPS) is 21.9. The Bertz CT molecular complexity index is 1170. The lowest BCUT2D eigenvalue weighted by Crippen LogP contribution is -2.45. The van der Waals surface area contributed by atoms with Crippen LogP contribution in [0, 0.1) is 5.41 Å². The van der Waals surface area contributed by atoms with E-state index in [0.717, 1.165) is 6.42 Å². The fourth-order valence-corrected chi connectivity index (χ4v) is 4.19. The number of hydrogen-bond acceptors (Lipinski definition) is 5. The molecule has 0 radical (unpaired) electrons. The number of benzene rings is 1. The van der Waals surface area contributed by atoms with E-state index in [4.69, 9.17) is 5.73 Å². The predicted octanol–water partition coefficient (Wildman–Crippen LogP) is 3.43. The summed E-state index contributed by atoms with van der Waals surface area (Å²) in [5.41, 5.74) is 6.88. The van der Waals surface area contributed by atoms with Gasteiger partial charge in [0.25, 0.3) is 5.91 Å². The second-order valence-corrected chi connectivity index (χ2v) is 9.03. The van der Waals surface area contributed by atoms with Crippen LogP contribution in [0.4, 0.5) is 21.9 Å². The minimum absolute atomic E-state index is 0.0884. The Labute approximate surface area is 186 Å². The fraction of sp³-hybridized carbons (Fsp3) is 0.348. The van der Waals surface area contributed by atoms with Gasteiger partial charge < -0.3 is 26.8 Å². The van der Waals surface area contributed by atoms with Gasteiger partial charge in [0, 0.05) is 17.1 Å². The van der Waals surface area contributed by atoms with Crippen molar-refractivity contribution in [3.8, 4) is 0 Å². The molecule has 1 fully saturated rings. The third-order valence-electron chi connectivity index (χ3n) is 6.69. The van der Waals surface area contributed by atoms with Crippen molar-refractivity contribution in [3.63, 3.8) is 0 Å². The van der Waals surface area contributed by atoms with Gasteiger partial charge in [-0.2, -0.15) is 5.10 Å². The second kappa shape index (κ2) is 7.83. The summed E-state index contributed by atoms with van der Waals surface area (Å²) in [6.07, 6.45) is 4.44. The summed E-state index contributed by atoms with van der Waals surface area (Å²) in [5.74, 6) is -0.609. The maximum absolute atomic E-state index is 12.4. The molecule has 2 heterocycles. The molecule has 0 saturated heterocycles. The highest BCUT2D eigenvalue weighted by atomic mass is 16.3. The lowest BCUT2D eigenvalue weighted by Gasteiger charge is -2.38. The molecule has 2 aromatic heterocycles. The average molecular weight is 437 g/mol. The van der Waals surface area contributed by atoms with Crippen LogP contribution in [-0.2, 0) is 0 Å². The van der Waals surface area contributed by atoms with Gasteiger partial charge in [0.2, 0.25) is 0 Å². The van der Waals surface area contributed by atoms with E-state index in [1.54, 1.807) is 28.9 Å². The van der Waals surface area contributed by atoms with E-state index in [-0.39, 0.29) is 11.6 Å². The van der Waals surface area contributed by atoms with Crippen molar-refractivity contribution in [2.24, 2.45) is 11.1 Å². The van der Waals surface area contributed by atoms with Crippen LogP contribution in [0.1, 0.15) is 44.0 Å². The van der Waals surface area contributed by atoms with Crippen LogP contribution in [0.3, 0.4) is 0 Å². The van der Waals surface area contributed by atoms with Gasteiger partial charge >= 0.3 is 6.03 Å². The average Bonchev–Trinajstić information content (AvgIpc) is 3.21. The van der Waals surface area contributed by atoms with Crippen LogP contribution in [0.15, 0.2) is 48.8 Å². The number of nitrogens with zero attached hydrogens (tertiary/aromatic N) is 2. The van der Waals surface area contributed by atoms with E-state index in [1.807, 2.05) is 39.0 Å². The van der Waals surface area contributed by atoms with Gasteiger partial charge in [-0.15, -0.1) is 0 Å². The summed E-state index contributed by atoms with van der Waals surface area (Å²) >= 11 is 0. The Morgan fingerprint density at radius 1 is 1.16 bits per heavy atom. The Kier molecular flexibility index (Phi) is 5.29. The van der Waals surface area contributed by atoms with Gasteiger partial charge in [0.1, 0.15) is 0 Å². The zero-order valence-electron chi connectivity index (χ0n) is 18.3. The SMILES string of the molecule is CC1(C)[C@H](Nc2c(C(N)=O)cnn3cc(NC(=O)Nc4ccccc4)cc23)CC[C@@]1(C)O. The molecule has 0 bridgehead atoms. The molecular formula is C23H28N6O3. The van der Waals surface area contributed by atoms with E-state index >= 15 is 0 Å². The van der Waals surface area contributed by atoms with Crippen LogP contribution in [0.2, 0.25) is 0 Å². The number of para-hydroxylation sites is 1. The van der Waals surface area contributed by atoms with Crippen molar-refractivity contribution in [2.45, 2.75) is 45.3 Å². The van der Waals surface area contributed by atoms with E-state index in [9.17, 15) is 14.7 Å². The van der Waals surface area contributed by atoms with Gasteiger partial charge in [0.05, 0.1) is 40.4 Å². The van der Waals surface area contributed by atoms with Gasteiger partial charge in [-0.25, -0.2) is 9.31 Å². The number of rotatable bonds is 5. The van der Waals surface area contributed by atoms with Gasteiger partial charge in [0.15, 0.2) is 0 Å². The number of nitrogens with two attached hydrogens (primary N) is 1. The number of amides is 3. The number of carbonyl (C=O) groups excluding carboxylic acids is 2. The van der Waals surface area contributed by atoms with Crippen molar-refractivity contribution < 1.29 is 14.7 Å². The van der Waals surface area contributed by atoms with Crippen molar-refractivity contribution in [1.29, 1.82) is 0 Å². The standard InChI is InChI=1S/C23H28N6O3/c1-22(2)18(9-10-23(22,3)32)28-19-16(20(24)30)12-25-29-13-15(11-17(19)29)27-21(31)26-14-7-5-4-6-8-14/h4-8,11-13,18,28,32H,9-10H2,1-3H3,(H2,24,30)(H2,26,27,31)/t18-,23-/m1/s1. The number of nitrogens with one attached hydrogen (secondary N) is 3. The van der Waals surface area contributed by atoms with Gasteiger partial charge in [-0.3, -0.25) is 4.79 Å². The molecule has 1 aromatic carbocycles. The molecule has 0 aliphatic heterocycles. The third-order valence-corrected chi connectivity index (χ3v) is 6.69. The zero-order chi connectivity index (χ0) is 23.1. The first-order valence-electron chi connectivity index (χ1n) is 10.5. The first-order valence-corrected chi connectivity index (χ1v) is 10.5. The Morgan fingerprint density at radius 2 is 1.84 bits per heavy atom. The summed E-state index contributed by atoms with van der Waals surface area (Å²) < 4.78 is 1.58. The summed E-state index contributed by atoms with van der Waals surface area (Å²) in [6.45, 7) is 5.83. The molecule has 3 amide bonds. The van der Waals surface area contributed by atoms with Crippen LogP contribution < -0.4 is 21.7 Å². The lowest BCUT2D eigenvalue weighted by molar-refractivity contribution is -0.0283. The van der Waals surface area contributed by atoms with Gasteiger partial charge in [-0.1, -0.05) is 32.0 Å². The topological polar surface area (TPSA) is 134 Å². The maximum atomic E-state index is 12.4. The fourth-order valence-electron chi connectivity index (χ4n) is 4.19. The van der Waals surface area contributed by atoms with Crippen LogP contribution in [-0.4, -0.2) is 38.3 Å². The molecule has 6 N–H and O–H groups in total. The molecule has 1 aliphatic rings. The third kappa shape index (κ3) is 3.87. The Balaban J connectivity index is 1.64. The molecule has 2 atom stereocenters. The second-order valence-electron chi connectivity index (χ2n) is 9.03. The maximum Gasteiger partial charge on any atom is 0.323 e. The van der Waals surface area contributed by atoms with Crippen LogP contribution in [0.25, 0.3) is 5.52 Å². The number of primary amides is 1. The molecule has 3 aromatic rings. The zero-order valence-corrected chi connectivity index (χ0v) is 18.3. The first kappa shape index (κ1) is 21.6. The van der Waals surface area contributed by atoms with E-state index in [0.29, 0.717) is 29.0 Å². The first-order chi connectivity index (χ1) is 15.1. The van der Waals surface area contributed by atoms with Crippen molar-refractivity contribution >= 4 is 34.5 Å². The molecule has 32 heavy (non-hydrogen) atoms. The Morgan fingerprint density at radius 3 is 2.47 bits per heavy atom. The largest absolute Gasteiger partial charge is 0.390 e. The highest BCUT2D eigenvalue weighted by Crippen LogP contribution is 2.47. The summed E-state index contributed by atoms with van der Waals surface area (Å²) in [7, 11) is 0. The molecule has 9 nitrogen and oxygen atoms in total. The lowest BCUT2D eigenvalue weighted by atomic mass is 9.76. The highest BCUT2D eigenvalue weighted by molar-refractivity contribution is 6.04. The smallest absolute Gasteiger partial charge is 0.323 e. The van der Waals surface area contributed by atoms with Crippen molar-refractivity contribution in [2.75, 3.05) is 16.0 Å². The highest BCUT2D eigenvalue weighted by Gasteiger charge is 2.50. The predicted molar refractivity (Wildman–Crippen MR) is 124 cm³/mol. The number of fused-ring (bicyclic) bond motifs is 1. The minimum Gasteiger partial charge on any atom is -0.390 e. The van der Waals surface area contributed by atoms with E-state index in [1.165, 1.54) is 6.20 Å². The summed E-state index contributed by atoms with van der Waals surface area (Å²) in [6, 6.07) is 10.3. The monoisotopic (exact) mass is 436 g/mol. The minimum atomic E-state index is -0.842. The molecular weight excluding hydrogens is 408 g/mol. The van der Waals surface area contributed by atoms with Crippen LogP contribution >= 0.6 is 0 Å². The molecule has 1 saturated carbocycles. The van der Waals surface area contributed by atoms with E-state index < -0.39 is 23.0 Å². The Hall–Kier alpha value is -3.59. The molecule has 4 rings (SSSR count). The van der Waals surface area contributed by atoms with Crippen molar-refractivity contribution in [3.05, 3.63) is 54.4 Å². The van der Waals surface area contributed by atoms with E-state index in [2.05, 4.69) is 21.0 Å². The number of aliphatic hydroxyl groups is 1. The summed E-state index contributed by atoms with van der Waals surface area (Å²) in [4.78, 5) is 24.5.